The summed E-state index contributed by atoms with van der Waals surface area (Å²) in [5, 5.41) is 3.43. The number of nitrogens with one attached hydrogen (secondary N) is 1. The predicted molar refractivity (Wildman–Crippen MR) is 71.8 cm³/mol. The molecular weight excluding hydrogens is 280 g/mol. The van der Waals surface area contributed by atoms with Crippen LogP contribution < -0.4 is 5.32 Å². The fraction of sp³-hybridized carbons (Fsp3) is 0.615. The molecule has 0 aromatic carbocycles. The average Bonchev–Trinajstić information content (AvgIpc) is 2.36. The molecule has 0 spiro atoms. The molecule has 1 saturated heterocycles. The molecule has 1 aromatic rings. The second kappa shape index (κ2) is 7.09. The number of halogens is 1. The number of ether oxygens (including phenoxy) is 1. The van der Waals surface area contributed by atoms with Gasteiger partial charge in [0.1, 0.15) is 4.60 Å². The highest BCUT2D eigenvalue weighted by Crippen LogP contribution is 2.14. The highest BCUT2D eigenvalue weighted by molar-refractivity contribution is 9.10. The van der Waals surface area contributed by atoms with Gasteiger partial charge in [0.25, 0.3) is 0 Å². The monoisotopic (exact) mass is 298 g/mol. The van der Waals surface area contributed by atoms with Crippen molar-refractivity contribution < 1.29 is 4.74 Å². The van der Waals surface area contributed by atoms with Gasteiger partial charge in [-0.25, -0.2) is 4.98 Å². The number of pyridine rings is 1. The first-order valence-corrected chi connectivity index (χ1v) is 7.03. The van der Waals surface area contributed by atoms with Gasteiger partial charge < -0.3 is 10.1 Å². The van der Waals surface area contributed by atoms with Crippen LogP contribution in [0.2, 0.25) is 0 Å². The van der Waals surface area contributed by atoms with Crippen molar-refractivity contribution in [2.24, 2.45) is 5.92 Å². The zero-order valence-corrected chi connectivity index (χ0v) is 11.6. The molecule has 0 unspecified atom stereocenters. The zero-order valence-electron chi connectivity index (χ0n) is 9.99. The summed E-state index contributed by atoms with van der Waals surface area (Å²) in [4.78, 5) is 4.09. The largest absolute Gasteiger partial charge is 0.377 e. The van der Waals surface area contributed by atoms with Gasteiger partial charge in [-0.15, -0.1) is 0 Å². The molecule has 3 nitrogen and oxygen atoms in total. The number of nitrogens with zero attached hydrogens (tertiary/aromatic N) is 1. The Morgan fingerprint density at radius 3 is 3.24 bits per heavy atom. The normalized spacial score (nSPS) is 20.4. The predicted octanol–water partition coefficient (Wildman–Crippen LogP) is 2.75. The van der Waals surface area contributed by atoms with Gasteiger partial charge in [-0.2, -0.15) is 0 Å². The molecule has 4 heteroatoms. The number of hydrogen-bond donors (Lipinski definition) is 1. The first kappa shape index (κ1) is 13.0. The van der Waals surface area contributed by atoms with E-state index in [1.165, 1.54) is 31.4 Å². The average molecular weight is 299 g/mol. The Morgan fingerprint density at radius 2 is 2.47 bits per heavy atom. The van der Waals surface area contributed by atoms with E-state index in [2.05, 4.69) is 26.2 Å². The molecule has 0 bridgehead atoms. The minimum absolute atomic E-state index is 0.682. The maximum Gasteiger partial charge on any atom is 0.106 e. The summed E-state index contributed by atoms with van der Waals surface area (Å²) in [6.45, 7) is 3.88. The second-order valence-corrected chi connectivity index (χ2v) is 5.35. The highest BCUT2D eigenvalue weighted by Gasteiger charge is 2.12. The minimum atomic E-state index is 0.682. The van der Waals surface area contributed by atoms with Crippen molar-refractivity contribution in [1.29, 1.82) is 0 Å². The molecule has 0 aliphatic carbocycles. The van der Waals surface area contributed by atoms with Crippen molar-refractivity contribution in [1.82, 2.24) is 10.3 Å². The van der Waals surface area contributed by atoms with E-state index in [9.17, 15) is 0 Å². The number of piperidine rings is 1. The maximum absolute atomic E-state index is 5.70. The smallest absolute Gasteiger partial charge is 0.106 e. The lowest BCUT2D eigenvalue weighted by atomic mass is 9.97. The van der Waals surface area contributed by atoms with E-state index in [0.29, 0.717) is 6.61 Å². The van der Waals surface area contributed by atoms with Gasteiger partial charge in [0, 0.05) is 12.8 Å². The SMILES string of the molecule is Brc1cc(COCC[C@@H]2CCCNC2)ccn1. The van der Waals surface area contributed by atoms with Crippen molar-refractivity contribution in [3.8, 4) is 0 Å². The van der Waals surface area contributed by atoms with Crippen LogP contribution in [0.25, 0.3) is 0 Å². The molecule has 1 N–H and O–H groups in total. The lowest BCUT2D eigenvalue weighted by Crippen LogP contribution is -2.30. The van der Waals surface area contributed by atoms with Crippen molar-refractivity contribution >= 4 is 15.9 Å². The molecule has 2 heterocycles. The Hall–Kier alpha value is -0.450. The summed E-state index contributed by atoms with van der Waals surface area (Å²) in [6.07, 6.45) is 5.62. The Kier molecular flexibility index (Phi) is 5.42. The number of hydrogen-bond acceptors (Lipinski definition) is 3. The summed E-state index contributed by atoms with van der Waals surface area (Å²) in [5.74, 6) is 0.799. The van der Waals surface area contributed by atoms with Crippen molar-refractivity contribution in [2.45, 2.75) is 25.9 Å². The Bertz CT molecular complexity index is 340. The molecule has 0 radical (unpaired) electrons. The Labute approximate surface area is 111 Å². The van der Waals surface area contributed by atoms with E-state index in [4.69, 9.17) is 4.74 Å². The van der Waals surface area contributed by atoms with E-state index < -0.39 is 0 Å². The lowest BCUT2D eigenvalue weighted by molar-refractivity contribution is 0.103. The van der Waals surface area contributed by atoms with Crippen LogP contribution in [0.5, 0.6) is 0 Å². The number of rotatable bonds is 5. The Morgan fingerprint density at radius 1 is 1.53 bits per heavy atom. The third-order valence-corrected chi connectivity index (χ3v) is 3.56. The van der Waals surface area contributed by atoms with E-state index in [-0.39, 0.29) is 0 Å². The number of aromatic nitrogens is 1. The van der Waals surface area contributed by atoms with Crippen LogP contribution in [-0.2, 0) is 11.3 Å². The summed E-state index contributed by atoms with van der Waals surface area (Å²) < 4.78 is 6.57. The summed E-state index contributed by atoms with van der Waals surface area (Å²) >= 11 is 3.36. The zero-order chi connectivity index (χ0) is 11.9. The van der Waals surface area contributed by atoms with Gasteiger partial charge in [-0.3, -0.25) is 0 Å². The van der Waals surface area contributed by atoms with Gasteiger partial charge >= 0.3 is 0 Å². The molecule has 17 heavy (non-hydrogen) atoms. The molecule has 0 amide bonds. The first-order chi connectivity index (χ1) is 8.34. The highest BCUT2D eigenvalue weighted by atomic mass is 79.9. The lowest BCUT2D eigenvalue weighted by Gasteiger charge is -2.22. The van der Waals surface area contributed by atoms with E-state index in [1.54, 1.807) is 6.20 Å². The maximum atomic E-state index is 5.70. The molecule has 1 atom stereocenters. The van der Waals surface area contributed by atoms with Gasteiger partial charge in [0.05, 0.1) is 6.61 Å². The fourth-order valence-corrected chi connectivity index (χ4v) is 2.56. The standard InChI is InChI=1S/C13H19BrN2O/c14-13-8-12(3-6-16-13)10-17-7-4-11-2-1-5-15-9-11/h3,6,8,11,15H,1-2,4-5,7,9-10H2/t11-/m0/s1. The van der Waals surface area contributed by atoms with E-state index >= 15 is 0 Å². The van der Waals surface area contributed by atoms with Crippen LogP contribution >= 0.6 is 15.9 Å². The summed E-state index contributed by atoms with van der Waals surface area (Å²) in [6, 6.07) is 4.00. The molecular formula is C13H19BrN2O. The molecule has 2 rings (SSSR count). The topological polar surface area (TPSA) is 34.1 Å². The van der Waals surface area contributed by atoms with Crippen LogP contribution in [-0.4, -0.2) is 24.7 Å². The van der Waals surface area contributed by atoms with E-state index in [0.717, 1.165) is 23.7 Å². The van der Waals surface area contributed by atoms with Crippen LogP contribution in [0.15, 0.2) is 22.9 Å². The van der Waals surface area contributed by atoms with Crippen LogP contribution in [0.4, 0.5) is 0 Å². The van der Waals surface area contributed by atoms with Crippen molar-refractivity contribution in [2.75, 3.05) is 19.7 Å². The van der Waals surface area contributed by atoms with Gasteiger partial charge in [0.2, 0.25) is 0 Å². The Balaban J connectivity index is 1.62. The second-order valence-electron chi connectivity index (χ2n) is 4.54. The van der Waals surface area contributed by atoms with Crippen LogP contribution in [0.1, 0.15) is 24.8 Å². The third kappa shape index (κ3) is 4.74. The third-order valence-electron chi connectivity index (χ3n) is 3.13. The molecule has 0 saturated carbocycles. The molecule has 1 aliphatic heterocycles. The van der Waals surface area contributed by atoms with Gasteiger partial charge in [-0.05, 0) is 71.9 Å². The van der Waals surface area contributed by atoms with Crippen LogP contribution in [0, 0.1) is 5.92 Å². The summed E-state index contributed by atoms with van der Waals surface area (Å²) in [7, 11) is 0. The van der Waals surface area contributed by atoms with Crippen molar-refractivity contribution in [3.63, 3.8) is 0 Å². The van der Waals surface area contributed by atoms with Gasteiger partial charge in [-0.1, -0.05) is 0 Å². The molecule has 1 aliphatic rings. The summed E-state index contributed by atoms with van der Waals surface area (Å²) in [5.41, 5.74) is 1.17. The van der Waals surface area contributed by atoms with E-state index in [1.807, 2.05) is 12.1 Å². The molecule has 1 fully saturated rings. The quantitative estimate of drug-likeness (QED) is 0.670. The van der Waals surface area contributed by atoms with Crippen LogP contribution in [0.3, 0.4) is 0 Å². The van der Waals surface area contributed by atoms with Crippen molar-refractivity contribution in [3.05, 3.63) is 28.5 Å². The first-order valence-electron chi connectivity index (χ1n) is 6.23. The molecule has 1 aromatic heterocycles. The van der Waals surface area contributed by atoms with Gasteiger partial charge in [0.15, 0.2) is 0 Å². The molecule has 94 valence electrons. The fourth-order valence-electron chi connectivity index (χ4n) is 2.14. The minimum Gasteiger partial charge on any atom is -0.377 e.